The van der Waals surface area contributed by atoms with Crippen molar-refractivity contribution in [3.05, 3.63) is 35.9 Å². The van der Waals surface area contributed by atoms with Crippen molar-refractivity contribution in [1.82, 2.24) is 15.5 Å². The van der Waals surface area contributed by atoms with Crippen molar-refractivity contribution in [3.8, 4) is 0 Å². The van der Waals surface area contributed by atoms with Crippen molar-refractivity contribution in [2.24, 2.45) is 11.8 Å². The van der Waals surface area contributed by atoms with Crippen molar-refractivity contribution in [3.63, 3.8) is 0 Å². The van der Waals surface area contributed by atoms with Crippen LogP contribution in [0.5, 0.6) is 0 Å². The van der Waals surface area contributed by atoms with Crippen LogP contribution in [0.4, 0.5) is 0 Å². The van der Waals surface area contributed by atoms with E-state index in [4.69, 9.17) is 0 Å². The number of carbonyl (C=O) groups excluding carboxylic acids is 1. The lowest BCUT2D eigenvalue weighted by atomic mass is 9.79. The fourth-order valence-electron chi connectivity index (χ4n) is 4.59. The number of hydrogen-bond donors (Lipinski definition) is 2. The van der Waals surface area contributed by atoms with E-state index in [9.17, 15) is 4.79 Å². The molecule has 3 fully saturated rings. The molecule has 2 aliphatic heterocycles. The summed E-state index contributed by atoms with van der Waals surface area (Å²) in [6.45, 7) is 4.62. The standard InChI is InChI=1S/C21H31N3O.2ClH/c25-21(23-19-9-10-19)8-4-7-20-18-11-17(12-22-20)14-24(15-18)13-16-5-2-1-3-6-16;;/h1-3,5-6,17-20,22H,4,7-15H2,(H,23,25);2*1H/t17?,18?,20-;;/m1../s1. The summed E-state index contributed by atoms with van der Waals surface area (Å²) in [5, 5.41) is 6.88. The minimum atomic E-state index is 0. The van der Waals surface area contributed by atoms with Crippen LogP contribution in [0.15, 0.2) is 30.3 Å². The van der Waals surface area contributed by atoms with Crippen LogP contribution in [0, 0.1) is 11.8 Å². The van der Waals surface area contributed by atoms with Gasteiger partial charge in [0.2, 0.25) is 5.91 Å². The van der Waals surface area contributed by atoms with E-state index >= 15 is 0 Å². The van der Waals surface area contributed by atoms with Crippen molar-refractivity contribution in [2.45, 2.75) is 57.2 Å². The number of carbonyl (C=O) groups is 1. The Labute approximate surface area is 175 Å². The van der Waals surface area contributed by atoms with Gasteiger partial charge in [0.1, 0.15) is 0 Å². The average Bonchev–Trinajstić information content (AvgIpc) is 3.42. The van der Waals surface area contributed by atoms with Gasteiger partial charge in [-0.2, -0.15) is 0 Å². The monoisotopic (exact) mass is 413 g/mol. The van der Waals surface area contributed by atoms with E-state index in [0.29, 0.717) is 18.5 Å². The van der Waals surface area contributed by atoms with Crippen molar-refractivity contribution in [1.29, 1.82) is 0 Å². The molecule has 2 heterocycles. The first-order valence-corrected chi connectivity index (χ1v) is 10.1. The molecule has 2 unspecified atom stereocenters. The predicted molar refractivity (Wildman–Crippen MR) is 115 cm³/mol. The molecule has 2 bridgehead atoms. The molecule has 0 spiro atoms. The number of hydrogen-bond acceptors (Lipinski definition) is 3. The van der Waals surface area contributed by atoms with E-state index in [-0.39, 0.29) is 30.7 Å². The summed E-state index contributed by atoms with van der Waals surface area (Å²) in [7, 11) is 0. The lowest BCUT2D eigenvalue weighted by Gasteiger charge is -2.46. The van der Waals surface area contributed by atoms with Crippen molar-refractivity contribution < 1.29 is 4.79 Å². The van der Waals surface area contributed by atoms with Gasteiger partial charge in [-0.3, -0.25) is 9.69 Å². The molecule has 152 valence electrons. The molecule has 1 aliphatic carbocycles. The lowest BCUT2D eigenvalue weighted by molar-refractivity contribution is -0.121. The van der Waals surface area contributed by atoms with Gasteiger partial charge in [0, 0.05) is 38.1 Å². The molecule has 1 aromatic rings. The smallest absolute Gasteiger partial charge is 0.220 e. The van der Waals surface area contributed by atoms with Crippen LogP contribution in [0.2, 0.25) is 0 Å². The maximum Gasteiger partial charge on any atom is 0.220 e. The third kappa shape index (κ3) is 6.63. The maximum atomic E-state index is 11.9. The Morgan fingerprint density at radius 2 is 1.93 bits per heavy atom. The molecule has 4 nitrogen and oxygen atoms in total. The molecule has 2 saturated heterocycles. The topological polar surface area (TPSA) is 44.4 Å². The molecule has 2 N–H and O–H groups in total. The Morgan fingerprint density at radius 3 is 2.67 bits per heavy atom. The predicted octanol–water partition coefficient (Wildman–Crippen LogP) is 3.39. The van der Waals surface area contributed by atoms with Gasteiger partial charge in [0.05, 0.1) is 0 Å². The second kappa shape index (κ2) is 10.7. The van der Waals surface area contributed by atoms with E-state index in [2.05, 4.69) is 45.9 Å². The molecule has 6 heteroatoms. The van der Waals surface area contributed by atoms with E-state index in [1.165, 1.54) is 37.9 Å². The van der Waals surface area contributed by atoms with Gasteiger partial charge in [0.25, 0.3) is 0 Å². The van der Waals surface area contributed by atoms with Crippen molar-refractivity contribution >= 4 is 30.7 Å². The molecule has 1 saturated carbocycles. The highest BCUT2D eigenvalue weighted by Gasteiger charge is 2.36. The maximum absolute atomic E-state index is 11.9. The Hall–Kier alpha value is -0.810. The Balaban J connectivity index is 0.00000131. The van der Waals surface area contributed by atoms with Gasteiger partial charge in [-0.25, -0.2) is 0 Å². The average molecular weight is 414 g/mol. The first kappa shape index (κ1) is 22.5. The first-order chi connectivity index (χ1) is 12.3. The molecule has 3 atom stereocenters. The highest BCUT2D eigenvalue weighted by atomic mass is 35.5. The van der Waals surface area contributed by atoms with Gasteiger partial charge in [-0.05, 0) is 56.0 Å². The number of nitrogens with zero attached hydrogens (tertiary/aromatic N) is 1. The van der Waals surface area contributed by atoms with Crippen LogP contribution in [-0.2, 0) is 11.3 Å². The van der Waals surface area contributed by atoms with Crippen LogP contribution in [0.25, 0.3) is 0 Å². The minimum absolute atomic E-state index is 0. The molecule has 3 aliphatic rings. The van der Waals surface area contributed by atoms with Crippen LogP contribution in [-0.4, -0.2) is 42.5 Å². The van der Waals surface area contributed by atoms with Gasteiger partial charge in [-0.1, -0.05) is 30.3 Å². The third-order valence-electron chi connectivity index (χ3n) is 5.99. The van der Waals surface area contributed by atoms with Crippen LogP contribution in [0.1, 0.15) is 44.1 Å². The number of fused-ring (bicyclic) bond motifs is 2. The molecular formula is C21H33Cl2N3O. The summed E-state index contributed by atoms with van der Waals surface area (Å²) in [5.41, 5.74) is 1.42. The number of nitrogens with one attached hydrogen (secondary N) is 2. The largest absolute Gasteiger partial charge is 0.353 e. The highest BCUT2D eigenvalue weighted by Crippen LogP contribution is 2.31. The summed E-state index contributed by atoms with van der Waals surface area (Å²) in [6.07, 6.45) is 6.55. The number of rotatable bonds is 7. The van der Waals surface area contributed by atoms with E-state index in [1.54, 1.807) is 0 Å². The number of piperidine rings is 2. The number of halogens is 2. The zero-order chi connectivity index (χ0) is 17.1. The number of amides is 1. The summed E-state index contributed by atoms with van der Waals surface area (Å²) in [4.78, 5) is 14.5. The van der Waals surface area contributed by atoms with E-state index in [0.717, 1.165) is 37.8 Å². The molecule has 1 amide bonds. The quantitative estimate of drug-likeness (QED) is 0.719. The molecule has 1 aromatic carbocycles. The summed E-state index contributed by atoms with van der Waals surface area (Å²) in [6, 6.07) is 11.9. The highest BCUT2D eigenvalue weighted by molar-refractivity contribution is 5.85. The number of likely N-dealkylation sites (tertiary alicyclic amines) is 1. The SMILES string of the molecule is Cl.Cl.O=C(CCC[C@H]1NCC2CC1CN(Cc1ccccc1)C2)NC1CC1. The molecule has 4 rings (SSSR count). The van der Waals surface area contributed by atoms with E-state index in [1.807, 2.05) is 0 Å². The third-order valence-corrected chi connectivity index (χ3v) is 5.99. The van der Waals surface area contributed by atoms with Crippen LogP contribution >= 0.6 is 24.8 Å². The fourth-order valence-corrected chi connectivity index (χ4v) is 4.59. The Morgan fingerprint density at radius 1 is 1.15 bits per heavy atom. The fraction of sp³-hybridized carbons (Fsp3) is 0.667. The van der Waals surface area contributed by atoms with Crippen molar-refractivity contribution in [2.75, 3.05) is 19.6 Å². The van der Waals surface area contributed by atoms with Gasteiger partial charge in [0.15, 0.2) is 0 Å². The summed E-state index contributed by atoms with van der Waals surface area (Å²) < 4.78 is 0. The van der Waals surface area contributed by atoms with Gasteiger partial charge < -0.3 is 10.6 Å². The molecule has 27 heavy (non-hydrogen) atoms. The molecule has 0 radical (unpaired) electrons. The second-order valence-corrected chi connectivity index (χ2v) is 8.29. The Bertz CT molecular complexity index is 582. The number of benzene rings is 1. The van der Waals surface area contributed by atoms with Gasteiger partial charge >= 0.3 is 0 Å². The minimum Gasteiger partial charge on any atom is -0.353 e. The zero-order valence-electron chi connectivity index (χ0n) is 15.9. The van der Waals surface area contributed by atoms with Gasteiger partial charge in [-0.15, -0.1) is 24.8 Å². The van der Waals surface area contributed by atoms with Crippen LogP contribution < -0.4 is 10.6 Å². The van der Waals surface area contributed by atoms with Crippen LogP contribution in [0.3, 0.4) is 0 Å². The normalized spacial score (nSPS) is 27.2. The zero-order valence-corrected chi connectivity index (χ0v) is 17.6. The first-order valence-electron chi connectivity index (χ1n) is 10.1. The van der Waals surface area contributed by atoms with E-state index < -0.39 is 0 Å². The Kier molecular flexibility index (Phi) is 8.87. The molecule has 0 aromatic heterocycles. The second-order valence-electron chi connectivity index (χ2n) is 8.29. The summed E-state index contributed by atoms with van der Waals surface area (Å²) in [5.74, 6) is 1.78. The lowest BCUT2D eigenvalue weighted by Crippen LogP contribution is -2.55. The summed E-state index contributed by atoms with van der Waals surface area (Å²) >= 11 is 0. The molecular weight excluding hydrogens is 381 g/mol.